The van der Waals surface area contributed by atoms with Crippen molar-refractivity contribution in [2.24, 2.45) is 0 Å². The van der Waals surface area contributed by atoms with Gasteiger partial charge in [0.05, 0.1) is 45.7 Å². The molecule has 192 valence electrons. The van der Waals surface area contributed by atoms with Crippen LogP contribution in [-0.4, -0.2) is 69.2 Å². The molecule has 1 N–H and O–H groups in total. The van der Waals surface area contributed by atoms with E-state index in [4.69, 9.17) is 28.4 Å². The molecule has 0 saturated carbocycles. The number of carbonyl (C=O) groups is 1. The number of ether oxygens (including phenoxy) is 6. The maximum Gasteiger partial charge on any atom is 0.232 e. The summed E-state index contributed by atoms with van der Waals surface area (Å²) in [6.07, 6.45) is 3.16. The Hall–Kier alpha value is -3.27. The highest BCUT2D eigenvalue weighted by atomic mass is 16.7. The summed E-state index contributed by atoms with van der Waals surface area (Å²) in [7, 11) is 4.60. The van der Waals surface area contributed by atoms with Gasteiger partial charge < -0.3 is 33.5 Å². The lowest BCUT2D eigenvalue weighted by Crippen LogP contribution is -2.44. The van der Waals surface area contributed by atoms with Crippen LogP contribution in [0.2, 0.25) is 0 Å². The van der Waals surface area contributed by atoms with E-state index < -0.39 is 5.79 Å². The molecule has 2 saturated heterocycles. The topological polar surface area (TPSA) is 95.9 Å². The molecular weight excluding hydrogens is 466 g/mol. The number of piperidine rings is 1. The number of fused-ring (bicyclic) bond motifs is 1. The van der Waals surface area contributed by atoms with Crippen molar-refractivity contribution in [3.05, 3.63) is 46.2 Å². The third-order valence-electron chi connectivity index (χ3n) is 7.02. The lowest BCUT2D eigenvalue weighted by atomic mass is 9.98. The lowest BCUT2D eigenvalue weighted by molar-refractivity contribution is -0.185. The molecule has 2 fully saturated rings. The molecular formula is C27H31NO8. The first-order valence-corrected chi connectivity index (χ1v) is 12.0. The number of aryl methyl sites for hydroxylation is 1. The number of aromatic hydroxyl groups is 1. The average molecular weight is 498 g/mol. The number of carbonyl (C=O) groups excluding carboxylic acids is 1. The third kappa shape index (κ3) is 4.27. The van der Waals surface area contributed by atoms with E-state index in [2.05, 4.69) is 4.90 Å². The molecule has 0 aliphatic carbocycles. The van der Waals surface area contributed by atoms with Crippen LogP contribution in [0.25, 0.3) is 6.08 Å². The summed E-state index contributed by atoms with van der Waals surface area (Å²) in [4.78, 5) is 15.6. The van der Waals surface area contributed by atoms with Crippen molar-refractivity contribution in [2.45, 2.75) is 32.1 Å². The Kier molecular flexibility index (Phi) is 6.55. The Morgan fingerprint density at radius 1 is 1.03 bits per heavy atom. The molecule has 0 radical (unpaired) electrons. The summed E-state index contributed by atoms with van der Waals surface area (Å²) < 4.78 is 34.0. The van der Waals surface area contributed by atoms with Gasteiger partial charge in [-0.2, -0.15) is 0 Å². The predicted molar refractivity (Wildman–Crippen MR) is 131 cm³/mol. The fourth-order valence-corrected chi connectivity index (χ4v) is 5.13. The fourth-order valence-electron chi connectivity index (χ4n) is 5.13. The summed E-state index contributed by atoms with van der Waals surface area (Å²) in [5, 5.41) is 10.8. The van der Waals surface area contributed by atoms with Crippen LogP contribution in [0.15, 0.2) is 24.0 Å². The molecule has 0 unspecified atom stereocenters. The Labute approximate surface area is 210 Å². The number of Topliss-reactive ketones (excluding diaryl/α,β-unsaturated/α-hetero) is 1. The zero-order chi connectivity index (χ0) is 25.4. The number of allylic oxidation sites excluding steroid dienone is 1. The number of nitrogens with zero attached hydrogens (tertiary/aromatic N) is 1. The molecule has 2 aromatic rings. The first-order valence-electron chi connectivity index (χ1n) is 12.0. The van der Waals surface area contributed by atoms with Gasteiger partial charge in [0, 0.05) is 32.5 Å². The number of hydrogen-bond donors (Lipinski definition) is 1. The van der Waals surface area contributed by atoms with E-state index in [0.29, 0.717) is 65.0 Å². The van der Waals surface area contributed by atoms with Crippen LogP contribution in [0, 0.1) is 6.92 Å². The van der Waals surface area contributed by atoms with Gasteiger partial charge >= 0.3 is 0 Å². The zero-order valence-corrected chi connectivity index (χ0v) is 21.0. The third-order valence-corrected chi connectivity index (χ3v) is 7.02. The summed E-state index contributed by atoms with van der Waals surface area (Å²) in [5.74, 6) is 1.38. The van der Waals surface area contributed by atoms with E-state index in [1.807, 2.05) is 0 Å². The van der Waals surface area contributed by atoms with Crippen LogP contribution in [0.4, 0.5) is 0 Å². The first kappa shape index (κ1) is 24.4. The van der Waals surface area contributed by atoms with E-state index >= 15 is 0 Å². The molecule has 0 aromatic heterocycles. The largest absolute Gasteiger partial charge is 0.507 e. The van der Waals surface area contributed by atoms with Crippen molar-refractivity contribution >= 4 is 11.9 Å². The van der Waals surface area contributed by atoms with Gasteiger partial charge in [0.2, 0.25) is 11.5 Å². The smallest absolute Gasteiger partial charge is 0.232 e. The Morgan fingerprint density at radius 2 is 1.67 bits per heavy atom. The van der Waals surface area contributed by atoms with E-state index in [1.165, 1.54) is 21.3 Å². The number of methoxy groups -OCH3 is 3. The Balaban J connectivity index is 1.43. The standard InChI is InChI=1S/C27H31NO8/c1-16-11-19(29)18(15-28-7-5-27(6-8-28)34-9-10-35-27)25-23(16)24(30)20(36-25)12-17-13-21(31-2)26(33-4)22(14-17)32-3/h11-14,29H,5-10,15H2,1-4H3/b20-12+. The molecule has 0 amide bonds. The minimum Gasteiger partial charge on any atom is -0.507 e. The predicted octanol–water partition coefficient (Wildman–Crippen LogP) is 3.68. The average Bonchev–Trinajstić information content (AvgIpc) is 3.47. The van der Waals surface area contributed by atoms with E-state index in [-0.39, 0.29) is 17.3 Å². The van der Waals surface area contributed by atoms with Crippen molar-refractivity contribution < 1.29 is 38.3 Å². The van der Waals surface area contributed by atoms with Crippen molar-refractivity contribution in [3.8, 4) is 28.7 Å². The number of rotatable bonds is 6. The minimum atomic E-state index is -0.476. The normalized spacial score (nSPS) is 20.0. The van der Waals surface area contributed by atoms with Gasteiger partial charge in [0.15, 0.2) is 23.0 Å². The van der Waals surface area contributed by atoms with Gasteiger partial charge in [-0.05, 0) is 42.3 Å². The minimum absolute atomic E-state index is 0.113. The molecule has 1 spiro atoms. The molecule has 9 heteroatoms. The van der Waals surface area contributed by atoms with Gasteiger partial charge in [-0.1, -0.05) is 0 Å². The highest BCUT2D eigenvalue weighted by Crippen LogP contribution is 2.44. The number of phenols is 1. The fraction of sp³-hybridized carbons (Fsp3) is 0.444. The number of hydrogen-bond acceptors (Lipinski definition) is 9. The van der Waals surface area contributed by atoms with Crippen LogP contribution in [0.3, 0.4) is 0 Å². The van der Waals surface area contributed by atoms with Crippen LogP contribution in [-0.2, 0) is 16.0 Å². The number of benzene rings is 2. The SMILES string of the molecule is COc1cc(/C=C2/Oc3c(CN4CCC5(CC4)OCCO5)c(O)cc(C)c3C2=O)cc(OC)c1OC. The van der Waals surface area contributed by atoms with Crippen molar-refractivity contribution in [1.82, 2.24) is 4.90 Å². The van der Waals surface area contributed by atoms with Crippen LogP contribution in [0.5, 0.6) is 28.7 Å². The van der Waals surface area contributed by atoms with E-state index in [9.17, 15) is 9.90 Å². The summed E-state index contributed by atoms with van der Waals surface area (Å²) in [5.41, 5.74) is 2.38. The van der Waals surface area contributed by atoms with Crippen molar-refractivity contribution in [2.75, 3.05) is 47.6 Å². The molecule has 9 nitrogen and oxygen atoms in total. The van der Waals surface area contributed by atoms with Gasteiger partial charge in [0.25, 0.3) is 0 Å². The number of phenolic OH excluding ortho intramolecular Hbond substituents is 1. The highest BCUT2D eigenvalue weighted by Gasteiger charge is 2.40. The second kappa shape index (κ2) is 9.65. The molecule has 2 aromatic carbocycles. The lowest BCUT2D eigenvalue weighted by Gasteiger charge is -2.37. The monoisotopic (exact) mass is 497 g/mol. The quantitative estimate of drug-likeness (QED) is 0.600. The summed E-state index contributed by atoms with van der Waals surface area (Å²) >= 11 is 0. The van der Waals surface area contributed by atoms with Gasteiger partial charge in [-0.3, -0.25) is 9.69 Å². The zero-order valence-electron chi connectivity index (χ0n) is 21.0. The molecule has 0 bridgehead atoms. The highest BCUT2D eigenvalue weighted by molar-refractivity contribution is 6.16. The maximum atomic E-state index is 13.4. The van der Waals surface area contributed by atoms with Crippen LogP contribution >= 0.6 is 0 Å². The first-order chi connectivity index (χ1) is 17.4. The molecule has 0 atom stereocenters. The Bertz CT molecular complexity index is 1180. The summed E-state index contributed by atoms with van der Waals surface area (Å²) in [6.45, 7) is 5.02. The number of ketones is 1. The second-order valence-corrected chi connectivity index (χ2v) is 9.18. The molecule has 3 heterocycles. The molecule has 3 aliphatic rings. The molecule has 36 heavy (non-hydrogen) atoms. The molecule has 3 aliphatic heterocycles. The Morgan fingerprint density at radius 3 is 2.25 bits per heavy atom. The second-order valence-electron chi connectivity index (χ2n) is 9.18. The summed E-state index contributed by atoms with van der Waals surface area (Å²) in [6, 6.07) is 5.12. The van der Waals surface area contributed by atoms with Gasteiger partial charge in [-0.15, -0.1) is 0 Å². The van der Waals surface area contributed by atoms with Crippen LogP contribution in [0.1, 0.15) is 39.9 Å². The molecule has 5 rings (SSSR count). The van der Waals surface area contributed by atoms with E-state index in [1.54, 1.807) is 31.2 Å². The van der Waals surface area contributed by atoms with Gasteiger partial charge in [0.1, 0.15) is 11.5 Å². The number of likely N-dealkylation sites (tertiary alicyclic amines) is 1. The van der Waals surface area contributed by atoms with Gasteiger partial charge in [-0.25, -0.2) is 0 Å². The van der Waals surface area contributed by atoms with Crippen molar-refractivity contribution in [3.63, 3.8) is 0 Å². The van der Waals surface area contributed by atoms with Crippen LogP contribution < -0.4 is 18.9 Å². The maximum absolute atomic E-state index is 13.4. The van der Waals surface area contributed by atoms with Crippen molar-refractivity contribution in [1.29, 1.82) is 0 Å². The van der Waals surface area contributed by atoms with E-state index in [0.717, 1.165) is 25.9 Å².